The predicted molar refractivity (Wildman–Crippen MR) is 65.1 cm³/mol. The fourth-order valence-electron chi connectivity index (χ4n) is 1.08. The normalized spacial score (nSPS) is 8.57. The van der Waals surface area contributed by atoms with Crippen molar-refractivity contribution in [2.24, 2.45) is 0 Å². The highest BCUT2D eigenvalue weighted by Crippen LogP contribution is 2.17. The van der Waals surface area contributed by atoms with Gasteiger partial charge in [-0.05, 0) is 37.1 Å². The van der Waals surface area contributed by atoms with Crippen LogP contribution in [0.2, 0.25) is 0 Å². The van der Waals surface area contributed by atoms with E-state index in [-0.39, 0.29) is 0 Å². The Labute approximate surface area is 87.2 Å². The molecule has 0 aromatic carbocycles. The molecule has 1 aromatic rings. The Morgan fingerprint density at radius 3 is 2.43 bits per heavy atom. The molecular weight excluding hydrogens is 170 g/mol. The third-order valence-electron chi connectivity index (χ3n) is 1.71. The Morgan fingerprint density at radius 2 is 2.00 bits per heavy atom. The molecule has 0 saturated heterocycles. The predicted octanol–water partition coefficient (Wildman–Crippen LogP) is 4.09. The summed E-state index contributed by atoms with van der Waals surface area (Å²) in [6.07, 6.45) is 3.59. The first-order valence-electron chi connectivity index (χ1n) is 4.90. The fraction of sp³-hybridized carbons (Fsp3) is 0.308. The van der Waals surface area contributed by atoms with Gasteiger partial charge < -0.3 is 0 Å². The van der Waals surface area contributed by atoms with E-state index >= 15 is 0 Å². The average Bonchev–Trinajstić information content (AvgIpc) is 2.20. The van der Waals surface area contributed by atoms with E-state index in [9.17, 15) is 0 Å². The van der Waals surface area contributed by atoms with Gasteiger partial charge in [-0.25, -0.2) is 0 Å². The summed E-state index contributed by atoms with van der Waals surface area (Å²) in [5.41, 5.74) is 4.18. The highest BCUT2D eigenvalue weighted by atomic mass is 14.7. The van der Waals surface area contributed by atoms with Crippen molar-refractivity contribution in [1.82, 2.24) is 4.98 Å². The van der Waals surface area contributed by atoms with Crippen molar-refractivity contribution in [3.8, 4) is 0 Å². The highest BCUT2D eigenvalue weighted by Gasteiger charge is 2.00. The highest BCUT2D eigenvalue weighted by molar-refractivity contribution is 5.69. The molecule has 1 nitrogen and oxygen atoms in total. The van der Waals surface area contributed by atoms with Gasteiger partial charge in [0, 0.05) is 11.8 Å². The summed E-state index contributed by atoms with van der Waals surface area (Å²) in [5.74, 6) is 0. The average molecular weight is 189 g/mol. The minimum absolute atomic E-state index is 0.910. The number of nitrogens with zero attached hydrogens (tertiary/aromatic N) is 1. The van der Waals surface area contributed by atoms with Crippen LogP contribution in [0.4, 0.5) is 0 Å². The van der Waals surface area contributed by atoms with Crippen LogP contribution >= 0.6 is 0 Å². The second kappa shape index (κ2) is 6.14. The molecule has 0 spiro atoms. The van der Waals surface area contributed by atoms with E-state index in [0.717, 1.165) is 22.4 Å². The Morgan fingerprint density at radius 1 is 1.43 bits per heavy atom. The molecule has 0 saturated carbocycles. The molecule has 1 rings (SSSR count). The van der Waals surface area contributed by atoms with Gasteiger partial charge in [0.1, 0.15) is 0 Å². The van der Waals surface area contributed by atoms with E-state index < -0.39 is 0 Å². The van der Waals surface area contributed by atoms with Crippen LogP contribution in [0.15, 0.2) is 25.4 Å². The zero-order chi connectivity index (χ0) is 11.1. The molecule has 0 aliphatic heterocycles. The molecule has 0 radical (unpaired) electrons. The van der Waals surface area contributed by atoms with Gasteiger partial charge in [-0.15, -0.1) is 0 Å². The molecule has 0 aliphatic carbocycles. The maximum atomic E-state index is 4.24. The number of rotatable bonds is 2. The number of allylic oxidation sites excluding steroid dienone is 1. The zero-order valence-electron chi connectivity index (χ0n) is 9.59. The Kier molecular flexibility index (Phi) is 5.54. The SMILES string of the molecule is C=Cc1ncc(C)cc1C(=C)C.CC. The van der Waals surface area contributed by atoms with Crippen LogP contribution in [-0.2, 0) is 0 Å². The third kappa shape index (κ3) is 3.17. The molecule has 1 aromatic heterocycles. The second-order valence-corrected chi connectivity index (χ2v) is 2.93. The molecule has 0 unspecified atom stereocenters. The summed E-state index contributed by atoms with van der Waals surface area (Å²) in [4.78, 5) is 4.24. The third-order valence-corrected chi connectivity index (χ3v) is 1.71. The van der Waals surface area contributed by atoms with Gasteiger partial charge in [-0.3, -0.25) is 4.98 Å². The van der Waals surface area contributed by atoms with Crippen molar-refractivity contribution < 1.29 is 0 Å². The fourth-order valence-corrected chi connectivity index (χ4v) is 1.08. The molecule has 1 heteroatoms. The van der Waals surface area contributed by atoms with Crippen molar-refractivity contribution in [2.45, 2.75) is 27.7 Å². The number of aromatic nitrogens is 1. The molecule has 0 atom stereocenters. The number of hydrogen-bond acceptors (Lipinski definition) is 1. The summed E-state index contributed by atoms with van der Waals surface area (Å²) in [6, 6.07) is 2.08. The van der Waals surface area contributed by atoms with Crippen LogP contribution in [0.5, 0.6) is 0 Å². The largest absolute Gasteiger partial charge is 0.256 e. The minimum atomic E-state index is 0.910. The van der Waals surface area contributed by atoms with E-state index in [1.807, 2.05) is 33.9 Å². The van der Waals surface area contributed by atoms with Crippen LogP contribution in [0, 0.1) is 6.92 Å². The molecule has 76 valence electrons. The standard InChI is InChI=1S/C11H13N.C2H6/c1-5-11-10(8(2)3)6-9(4)7-12-11;1-2/h5-7H,1-2H2,3-4H3;1-2H3. The van der Waals surface area contributed by atoms with E-state index in [4.69, 9.17) is 0 Å². The smallest absolute Gasteiger partial charge is 0.0698 e. The molecular formula is C13H19N. The lowest BCUT2D eigenvalue weighted by Crippen LogP contribution is -1.90. The van der Waals surface area contributed by atoms with Crippen LogP contribution < -0.4 is 0 Å². The number of hydrogen-bond donors (Lipinski definition) is 0. The van der Waals surface area contributed by atoms with E-state index in [2.05, 4.69) is 24.2 Å². The van der Waals surface area contributed by atoms with Crippen LogP contribution in [0.3, 0.4) is 0 Å². The lowest BCUT2D eigenvalue weighted by Gasteiger charge is -2.04. The molecule has 0 aliphatic rings. The number of aryl methyl sites for hydroxylation is 1. The summed E-state index contributed by atoms with van der Waals surface area (Å²) < 4.78 is 0. The quantitative estimate of drug-likeness (QED) is 0.682. The Balaban J connectivity index is 0.000000791. The van der Waals surface area contributed by atoms with E-state index in [0.29, 0.717) is 0 Å². The molecule has 1 heterocycles. The first-order chi connectivity index (χ1) is 6.65. The summed E-state index contributed by atoms with van der Waals surface area (Å²) in [7, 11) is 0. The van der Waals surface area contributed by atoms with Crippen molar-refractivity contribution >= 4 is 11.6 Å². The topological polar surface area (TPSA) is 12.9 Å². The van der Waals surface area contributed by atoms with Crippen molar-refractivity contribution in [3.63, 3.8) is 0 Å². The first kappa shape index (κ1) is 12.6. The maximum Gasteiger partial charge on any atom is 0.0698 e. The second-order valence-electron chi connectivity index (χ2n) is 2.93. The minimum Gasteiger partial charge on any atom is -0.256 e. The molecule has 0 amide bonds. The van der Waals surface area contributed by atoms with Gasteiger partial charge in [-0.2, -0.15) is 0 Å². The van der Waals surface area contributed by atoms with E-state index in [1.165, 1.54) is 0 Å². The lowest BCUT2D eigenvalue weighted by atomic mass is 10.1. The van der Waals surface area contributed by atoms with Gasteiger partial charge >= 0.3 is 0 Å². The van der Waals surface area contributed by atoms with Crippen molar-refractivity contribution in [3.05, 3.63) is 42.2 Å². The van der Waals surface area contributed by atoms with Crippen LogP contribution in [-0.4, -0.2) is 4.98 Å². The van der Waals surface area contributed by atoms with Crippen LogP contribution in [0.25, 0.3) is 11.6 Å². The summed E-state index contributed by atoms with van der Waals surface area (Å²) >= 11 is 0. The van der Waals surface area contributed by atoms with Crippen molar-refractivity contribution in [2.75, 3.05) is 0 Å². The van der Waals surface area contributed by atoms with Gasteiger partial charge in [0.2, 0.25) is 0 Å². The molecule has 0 bridgehead atoms. The summed E-state index contributed by atoms with van der Waals surface area (Å²) in [6.45, 7) is 15.6. The number of pyridine rings is 1. The Hall–Kier alpha value is -1.37. The summed E-state index contributed by atoms with van der Waals surface area (Å²) in [5, 5.41) is 0. The first-order valence-corrected chi connectivity index (χ1v) is 4.90. The van der Waals surface area contributed by atoms with Gasteiger partial charge in [0.05, 0.1) is 5.69 Å². The van der Waals surface area contributed by atoms with E-state index in [1.54, 1.807) is 6.08 Å². The van der Waals surface area contributed by atoms with Crippen LogP contribution in [0.1, 0.15) is 37.6 Å². The molecule has 0 N–H and O–H groups in total. The zero-order valence-corrected chi connectivity index (χ0v) is 9.59. The molecule has 14 heavy (non-hydrogen) atoms. The van der Waals surface area contributed by atoms with Crippen molar-refractivity contribution in [1.29, 1.82) is 0 Å². The van der Waals surface area contributed by atoms with Gasteiger partial charge in [-0.1, -0.05) is 27.0 Å². The Bertz CT molecular complexity index is 324. The molecule has 0 fully saturated rings. The monoisotopic (exact) mass is 189 g/mol. The maximum absolute atomic E-state index is 4.24. The lowest BCUT2D eigenvalue weighted by molar-refractivity contribution is 1.22. The van der Waals surface area contributed by atoms with Gasteiger partial charge in [0.15, 0.2) is 0 Å². The van der Waals surface area contributed by atoms with Gasteiger partial charge in [0.25, 0.3) is 0 Å².